The fourth-order valence-electron chi connectivity index (χ4n) is 2.99. The highest BCUT2D eigenvalue weighted by Crippen LogP contribution is 2.32. The highest BCUT2D eigenvalue weighted by atomic mass is 35.5. The Labute approximate surface area is 150 Å². The number of halogens is 4. The molecule has 2 heterocycles. The van der Waals surface area contributed by atoms with Gasteiger partial charge in [0.15, 0.2) is 0 Å². The molecule has 0 spiro atoms. The van der Waals surface area contributed by atoms with Crippen LogP contribution in [0.5, 0.6) is 5.75 Å². The van der Waals surface area contributed by atoms with Gasteiger partial charge >= 0.3 is 6.36 Å². The van der Waals surface area contributed by atoms with Crippen LogP contribution in [-0.4, -0.2) is 37.5 Å². The number of pyridine rings is 1. The van der Waals surface area contributed by atoms with E-state index in [1.807, 2.05) is 0 Å². The number of piperazine rings is 1. The molecule has 2 aromatic rings. The predicted molar refractivity (Wildman–Crippen MR) is 94.8 cm³/mol. The maximum absolute atomic E-state index is 12.5. The number of nitrogens with zero attached hydrogens (tertiary/aromatic N) is 2. The minimum atomic E-state index is -4.70. The van der Waals surface area contributed by atoms with E-state index < -0.39 is 6.36 Å². The minimum absolute atomic E-state index is 0. The fraction of sp³-hybridized carbons (Fsp3) is 0.471. The maximum Gasteiger partial charge on any atom is 0.573 e. The van der Waals surface area contributed by atoms with Gasteiger partial charge in [0.05, 0.1) is 5.52 Å². The molecule has 1 fully saturated rings. The fourth-order valence-corrected chi connectivity index (χ4v) is 2.99. The number of hydrogen-bond donors (Lipinski definition) is 1. The van der Waals surface area contributed by atoms with E-state index in [-0.39, 0.29) is 18.2 Å². The molecule has 0 bridgehead atoms. The highest BCUT2D eigenvalue weighted by molar-refractivity contribution is 5.93. The van der Waals surface area contributed by atoms with E-state index in [0.717, 1.165) is 55.8 Å². The Morgan fingerprint density at radius 1 is 1.20 bits per heavy atom. The number of aryl methyl sites for hydroxylation is 1. The van der Waals surface area contributed by atoms with Crippen LogP contribution in [-0.2, 0) is 6.42 Å². The molecule has 1 N–H and O–H groups in total. The quantitative estimate of drug-likeness (QED) is 0.879. The topological polar surface area (TPSA) is 37.4 Å². The van der Waals surface area contributed by atoms with Gasteiger partial charge in [-0.05, 0) is 24.6 Å². The zero-order chi connectivity index (χ0) is 17.2. The SMILES string of the molecule is CCCc1cc(N2CCNCC2)c2ccc(OC(F)(F)F)cc2n1.Cl. The van der Waals surface area contributed by atoms with Crippen LogP contribution in [0.2, 0.25) is 0 Å². The summed E-state index contributed by atoms with van der Waals surface area (Å²) in [7, 11) is 0. The van der Waals surface area contributed by atoms with E-state index in [1.165, 1.54) is 12.1 Å². The number of anilines is 1. The lowest BCUT2D eigenvalue weighted by atomic mass is 10.1. The molecular formula is C17H21ClF3N3O. The van der Waals surface area contributed by atoms with Gasteiger partial charge in [-0.1, -0.05) is 13.3 Å². The van der Waals surface area contributed by atoms with Crippen LogP contribution in [0, 0.1) is 0 Å². The Morgan fingerprint density at radius 3 is 2.56 bits per heavy atom. The third-order valence-electron chi connectivity index (χ3n) is 4.01. The van der Waals surface area contributed by atoms with Crippen molar-refractivity contribution in [2.45, 2.75) is 26.1 Å². The molecule has 25 heavy (non-hydrogen) atoms. The number of rotatable bonds is 4. The average molecular weight is 376 g/mol. The zero-order valence-electron chi connectivity index (χ0n) is 13.9. The molecule has 138 valence electrons. The summed E-state index contributed by atoms with van der Waals surface area (Å²) in [5.74, 6) is -0.234. The second-order valence-electron chi connectivity index (χ2n) is 5.85. The van der Waals surface area contributed by atoms with E-state index in [2.05, 4.69) is 32.9 Å². The molecule has 0 unspecified atom stereocenters. The predicted octanol–water partition coefficient (Wildman–Crippen LogP) is 3.92. The molecule has 1 saturated heterocycles. The van der Waals surface area contributed by atoms with Gasteiger partial charge in [0.1, 0.15) is 5.75 Å². The first-order valence-corrected chi connectivity index (χ1v) is 8.11. The number of ether oxygens (including phenoxy) is 1. The van der Waals surface area contributed by atoms with Crippen LogP contribution >= 0.6 is 12.4 Å². The van der Waals surface area contributed by atoms with Crippen LogP contribution in [0.4, 0.5) is 18.9 Å². The molecule has 1 aromatic heterocycles. The molecule has 0 radical (unpaired) electrons. The first-order chi connectivity index (χ1) is 11.5. The average Bonchev–Trinajstić information content (AvgIpc) is 2.53. The maximum atomic E-state index is 12.5. The summed E-state index contributed by atoms with van der Waals surface area (Å²) in [6, 6.07) is 6.44. The van der Waals surface area contributed by atoms with Crippen LogP contribution in [0.25, 0.3) is 10.9 Å². The Bertz CT molecular complexity index is 718. The summed E-state index contributed by atoms with van der Waals surface area (Å²) >= 11 is 0. The van der Waals surface area contributed by atoms with E-state index in [9.17, 15) is 13.2 Å². The number of alkyl halides is 3. The number of nitrogens with one attached hydrogen (secondary N) is 1. The van der Waals surface area contributed by atoms with Crippen molar-refractivity contribution in [1.29, 1.82) is 0 Å². The lowest BCUT2D eigenvalue weighted by Crippen LogP contribution is -2.43. The van der Waals surface area contributed by atoms with Gasteiger partial charge in [-0.25, -0.2) is 0 Å². The molecule has 0 aliphatic carbocycles. The molecule has 0 saturated carbocycles. The van der Waals surface area contributed by atoms with Gasteiger partial charge < -0.3 is 15.0 Å². The number of aromatic nitrogens is 1. The number of benzene rings is 1. The standard InChI is InChI=1S/C17H20F3N3O.ClH/c1-2-3-12-10-16(23-8-6-21-7-9-23)14-5-4-13(11-15(14)22-12)24-17(18,19)20;/h4-5,10-11,21H,2-3,6-9H2,1H3;1H. The van der Waals surface area contributed by atoms with Crippen LogP contribution in [0.15, 0.2) is 24.3 Å². The van der Waals surface area contributed by atoms with Crippen LogP contribution in [0.1, 0.15) is 19.0 Å². The summed E-state index contributed by atoms with van der Waals surface area (Å²) < 4.78 is 41.4. The summed E-state index contributed by atoms with van der Waals surface area (Å²) in [6.07, 6.45) is -2.98. The Balaban J connectivity index is 0.00000225. The van der Waals surface area contributed by atoms with Crippen molar-refractivity contribution >= 4 is 29.0 Å². The largest absolute Gasteiger partial charge is 0.573 e. The lowest BCUT2D eigenvalue weighted by molar-refractivity contribution is -0.274. The van der Waals surface area contributed by atoms with E-state index in [0.29, 0.717) is 5.52 Å². The lowest BCUT2D eigenvalue weighted by Gasteiger charge is -2.30. The molecule has 0 atom stereocenters. The van der Waals surface area contributed by atoms with Gasteiger partial charge in [0.2, 0.25) is 0 Å². The summed E-state index contributed by atoms with van der Waals surface area (Å²) in [6.45, 7) is 5.57. The molecule has 1 aliphatic heterocycles. The smallest absolute Gasteiger partial charge is 0.406 e. The third kappa shape index (κ3) is 4.89. The number of fused-ring (bicyclic) bond motifs is 1. The molecule has 1 aromatic carbocycles. The molecule has 8 heteroatoms. The van der Waals surface area contributed by atoms with Crippen molar-refractivity contribution in [1.82, 2.24) is 10.3 Å². The zero-order valence-corrected chi connectivity index (χ0v) is 14.7. The summed E-state index contributed by atoms with van der Waals surface area (Å²) in [5, 5.41) is 4.16. The molecular weight excluding hydrogens is 355 g/mol. The summed E-state index contributed by atoms with van der Waals surface area (Å²) in [5.41, 5.74) is 2.46. The van der Waals surface area contributed by atoms with Gasteiger partial charge in [0, 0.05) is 49.0 Å². The molecule has 0 amide bonds. The van der Waals surface area contributed by atoms with Crippen LogP contribution in [0.3, 0.4) is 0 Å². The van der Waals surface area contributed by atoms with Gasteiger partial charge in [-0.2, -0.15) is 0 Å². The highest BCUT2D eigenvalue weighted by Gasteiger charge is 2.31. The van der Waals surface area contributed by atoms with Crippen molar-refractivity contribution in [3.05, 3.63) is 30.0 Å². The second-order valence-corrected chi connectivity index (χ2v) is 5.85. The van der Waals surface area contributed by atoms with Gasteiger partial charge in [-0.15, -0.1) is 25.6 Å². The van der Waals surface area contributed by atoms with Crippen molar-refractivity contribution in [3.63, 3.8) is 0 Å². The Kier molecular flexibility index (Phi) is 6.35. The first kappa shape index (κ1) is 19.6. The van der Waals surface area contributed by atoms with Crippen molar-refractivity contribution < 1.29 is 17.9 Å². The monoisotopic (exact) mass is 375 g/mol. The van der Waals surface area contributed by atoms with E-state index in [1.54, 1.807) is 6.07 Å². The summed E-state index contributed by atoms with van der Waals surface area (Å²) in [4.78, 5) is 6.78. The van der Waals surface area contributed by atoms with E-state index in [4.69, 9.17) is 0 Å². The Hall–Kier alpha value is -1.73. The normalized spacial score (nSPS) is 15.1. The van der Waals surface area contributed by atoms with Gasteiger partial charge in [0.25, 0.3) is 0 Å². The molecule has 1 aliphatic rings. The third-order valence-corrected chi connectivity index (χ3v) is 4.01. The molecule has 4 nitrogen and oxygen atoms in total. The van der Waals surface area contributed by atoms with Gasteiger partial charge in [-0.3, -0.25) is 4.98 Å². The van der Waals surface area contributed by atoms with Crippen molar-refractivity contribution in [2.24, 2.45) is 0 Å². The van der Waals surface area contributed by atoms with E-state index >= 15 is 0 Å². The van der Waals surface area contributed by atoms with Crippen molar-refractivity contribution in [2.75, 3.05) is 31.1 Å². The Morgan fingerprint density at radius 2 is 1.92 bits per heavy atom. The number of hydrogen-bond acceptors (Lipinski definition) is 4. The second kappa shape index (κ2) is 8.10. The van der Waals surface area contributed by atoms with Crippen molar-refractivity contribution in [3.8, 4) is 5.75 Å². The van der Waals surface area contributed by atoms with Crippen LogP contribution < -0.4 is 15.0 Å². The first-order valence-electron chi connectivity index (χ1n) is 8.11. The molecule has 3 rings (SSSR count). The minimum Gasteiger partial charge on any atom is -0.406 e.